The second kappa shape index (κ2) is 5.15. The lowest BCUT2D eigenvalue weighted by molar-refractivity contribution is -0.107. The number of hydrogen-bond acceptors (Lipinski definition) is 2. The highest BCUT2D eigenvalue weighted by Gasteiger charge is 2.17. The van der Waals surface area contributed by atoms with Crippen LogP contribution < -0.4 is 4.74 Å². The molecule has 1 fully saturated rings. The van der Waals surface area contributed by atoms with Crippen molar-refractivity contribution in [2.75, 3.05) is 0 Å². The molecule has 16 heavy (non-hydrogen) atoms. The van der Waals surface area contributed by atoms with Crippen molar-refractivity contribution in [3.63, 3.8) is 0 Å². The molecule has 1 aromatic carbocycles. The minimum Gasteiger partial charge on any atom is -0.490 e. The zero-order valence-electron chi connectivity index (χ0n) is 9.74. The molecule has 1 aliphatic carbocycles. The van der Waals surface area contributed by atoms with E-state index < -0.39 is 0 Å². The van der Waals surface area contributed by atoms with Crippen LogP contribution in [0.15, 0.2) is 18.2 Å². The first-order valence-corrected chi connectivity index (χ1v) is 5.99. The van der Waals surface area contributed by atoms with Crippen LogP contribution in [-0.4, -0.2) is 12.4 Å². The van der Waals surface area contributed by atoms with E-state index in [0.717, 1.165) is 36.0 Å². The van der Waals surface area contributed by atoms with Gasteiger partial charge in [0, 0.05) is 6.42 Å². The fraction of sp³-hybridized carbons (Fsp3) is 0.500. The van der Waals surface area contributed by atoms with E-state index in [1.165, 1.54) is 12.8 Å². The second-order valence-corrected chi connectivity index (χ2v) is 4.49. The lowest BCUT2D eigenvalue weighted by atomic mass is 10.1. The van der Waals surface area contributed by atoms with Crippen LogP contribution in [0.3, 0.4) is 0 Å². The van der Waals surface area contributed by atoms with Crippen LogP contribution in [0, 0.1) is 6.92 Å². The van der Waals surface area contributed by atoms with Gasteiger partial charge >= 0.3 is 0 Å². The molecule has 0 N–H and O–H groups in total. The standard InChI is InChI=1S/C14H18O2/c1-11-6-7-12(8-9-15)10-14(11)16-13-4-2-3-5-13/h6-7,9-10,13H,2-5,8H2,1H3. The number of aryl methyl sites for hydroxylation is 1. The highest BCUT2D eigenvalue weighted by Crippen LogP contribution is 2.27. The number of carbonyl (C=O) groups excluding carboxylic acids is 1. The van der Waals surface area contributed by atoms with Crippen molar-refractivity contribution in [2.24, 2.45) is 0 Å². The van der Waals surface area contributed by atoms with Crippen molar-refractivity contribution >= 4 is 6.29 Å². The summed E-state index contributed by atoms with van der Waals surface area (Å²) in [7, 11) is 0. The summed E-state index contributed by atoms with van der Waals surface area (Å²) in [6.07, 6.45) is 6.67. The van der Waals surface area contributed by atoms with Gasteiger partial charge in [0.25, 0.3) is 0 Å². The summed E-state index contributed by atoms with van der Waals surface area (Å²) in [5, 5.41) is 0. The van der Waals surface area contributed by atoms with E-state index in [1.54, 1.807) is 0 Å². The molecule has 2 nitrogen and oxygen atoms in total. The first kappa shape index (κ1) is 11.2. The number of hydrogen-bond donors (Lipinski definition) is 0. The van der Waals surface area contributed by atoms with Crippen LogP contribution in [-0.2, 0) is 11.2 Å². The molecule has 2 heteroatoms. The molecule has 0 bridgehead atoms. The Bertz CT molecular complexity index is 365. The number of carbonyl (C=O) groups is 1. The minimum absolute atomic E-state index is 0.380. The monoisotopic (exact) mass is 218 g/mol. The third kappa shape index (κ3) is 2.63. The van der Waals surface area contributed by atoms with Crippen molar-refractivity contribution in [3.05, 3.63) is 29.3 Å². The zero-order valence-corrected chi connectivity index (χ0v) is 9.74. The molecule has 2 rings (SSSR count). The molecule has 0 amide bonds. The van der Waals surface area contributed by atoms with Crippen LogP contribution >= 0.6 is 0 Å². The fourth-order valence-corrected chi connectivity index (χ4v) is 2.18. The van der Waals surface area contributed by atoms with E-state index in [0.29, 0.717) is 12.5 Å². The average Bonchev–Trinajstić information content (AvgIpc) is 2.76. The van der Waals surface area contributed by atoms with Gasteiger partial charge in [-0.3, -0.25) is 0 Å². The number of ether oxygens (including phenoxy) is 1. The summed E-state index contributed by atoms with van der Waals surface area (Å²) in [5.41, 5.74) is 2.19. The second-order valence-electron chi connectivity index (χ2n) is 4.49. The largest absolute Gasteiger partial charge is 0.490 e. The van der Waals surface area contributed by atoms with Crippen LogP contribution in [0.4, 0.5) is 0 Å². The molecular formula is C14H18O2. The number of rotatable bonds is 4. The van der Waals surface area contributed by atoms with Crippen molar-refractivity contribution in [3.8, 4) is 5.75 Å². The van der Waals surface area contributed by atoms with Gasteiger partial charge in [0.1, 0.15) is 12.0 Å². The van der Waals surface area contributed by atoms with E-state index in [1.807, 2.05) is 18.2 Å². The molecule has 0 saturated heterocycles. The van der Waals surface area contributed by atoms with E-state index in [-0.39, 0.29) is 0 Å². The summed E-state index contributed by atoms with van der Waals surface area (Å²) >= 11 is 0. The third-order valence-electron chi connectivity index (χ3n) is 3.17. The lowest BCUT2D eigenvalue weighted by Crippen LogP contribution is -2.11. The molecule has 0 aromatic heterocycles. The lowest BCUT2D eigenvalue weighted by Gasteiger charge is -2.15. The fourth-order valence-electron chi connectivity index (χ4n) is 2.18. The summed E-state index contributed by atoms with van der Waals surface area (Å²) in [5.74, 6) is 0.950. The smallest absolute Gasteiger partial charge is 0.124 e. The van der Waals surface area contributed by atoms with E-state index in [4.69, 9.17) is 4.74 Å². The number of benzene rings is 1. The summed E-state index contributed by atoms with van der Waals surface area (Å²) < 4.78 is 5.98. The predicted octanol–water partition coefficient (Wildman–Crippen LogP) is 3.06. The molecule has 0 spiro atoms. The van der Waals surface area contributed by atoms with Gasteiger partial charge in [-0.2, -0.15) is 0 Å². The number of aldehydes is 1. The van der Waals surface area contributed by atoms with Gasteiger partial charge in [-0.15, -0.1) is 0 Å². The van der Waals surface area contributed by atoms with Crippen LogP contribution in [0.2, 0.25) is 0 Å². The van der Waals surface area contributed by atoms with Crippen molar-refractivity contribution < 1.29 is 9.53 Å². The molecule has 1 aromatic rings. The van der Waals surface area contributed by atoms with Crippen molar-refractivity contribution in [2.45, 2.75) is 45.1 Å². The molecule has 0 unspecified atom stereocenters. The van der Waals surface area contributed by atoms with E-state index >= 15 is 0 Å². The van der Waals surface area contributed by atoms with Gasteiger partial charge in [-0.05, 0) is 49.8 Å². The molecule has 1 saturated carbocycles. The van der Waals surface area contributed by atoms with E-state index in [2.05, 4.69) is 6.92 Å². The van der Waals surface area contributed by atoms with Gasteiger partial charge in [-0.1, -0.05) is 12.1 Å². The third-order valence-corrected chi connectivity index (χ3v) is 3.17. The first-order chi connectivity index (χ1) is 7.79. The summed E-state index contributed by atoms with van der Waals surface area (Å²) in [4.78, 5) is 10.5. The zero-order chi connectivity index (χ0) is 11.4. The SMILES string of the molecule is Cc1ccc(CC=O)cc1OC1CCCC1. The minimum atomic E-state index is 0.380. The van der Waals surface area contributed by atoms with Crippen molar-refractivity contribution in [1.29, 1.82) is 0 Å². The molecule has 1 aliphatic rings. The maximum Gasteiger partial charge on any atom is 0.124 e. The Morgan fingerprint density at radius 1 is 1.38 bits per heavy atom. The van der Waals surface area contributed by atoms with Gasteiger partial charge in [0.15, 0.2) is 0 Å². The Kier molecular flexibility index (Phi) is 3.60. The molecule has 0 aliphatic heterocycles. The topological polar surface area (TPSA) is 26.3 Å². The Morgan fingerprint density at radius 3 is 2.81 bits per heavy atom. The Morgan fingerprint density at radius 2 is 2.12 bits per heavy atom. The van der Waals surface area contributed by atoms with Gasteiger partial charge < -0.3 is 9.53 Å². The quantitative estimate of drug-likeness (QED) is 0.726. The Hall–Kier alpha value is -1.31. The summed E-state index contributed by atoms with van der Waals surface area (Å²) in [6.45, 7) is 2.05. The van der Waals surface area contributed by atoms with Crippen LogP contribution in [0.25, 0.3) is 0 Å². The molecule has 0 radical (unpaired) electrons. The van der Waals surface area contributed by atoms with Crippen molar-refractivity contribution in [1.82, 2.24) is 0 Å². The first-order valence-electron chi connectivity index (χ1n) is 5.99. The van der Waals surface area contributed by atoms with Gasteiger partial charge in [0.05, 0.1) is 6.10 Å². The summed E-state index contributed by atoms with van der Waals surface area (Å²) in [6, 6.07) is 6.02. The maximum atomic E-state index is 10.5. The average molecular weight is 218 g/mol. The van der Waals surface area contributed by atoms with Gasteiger partial charge in [0.2, 0.25) is 0 Å². The molecule has 0 atom stereocenters. The highest BCUT2D eigenvalue weighted by molar-refractivity contribution is 5.56. The maximum absolute atomic E-state index is 10.5. The van der Waals surface area contributed by atoms with E-state index in [9.17, 15) is 4.79 Å². The Balaban J connectivity index is 2.11. The molecule has 86 valence electrons. The predicted molar refractivity (Wildman–Crippen MR) is 63.8 cm³/mol. The van der Waals surface area contributed by atoms with Crippen LogP contribution in [0.1, 0.15) is 36.8 Å². The highest BCUT2D eigenvalue weighted by atomic mass is 16.5. The molecular weight excluding hydrogens is 200 g/mol. The molecule has 0 heterocycles. The Labute approximate surface area is 96.6 Å². The normalized spacial score (nSPS) is 16.3. The van der Waals surface area contributed by atoms with Gasteiger partial charge in [-0.25, -0.2) is 0 Å². The van der Waals surface area contributed by atoms with Crippen LogP contribution in [0.5, 0.6) is 5.75 Å².